The van der Waals surface area contributed by atoms with E-state index in [1.165, 1.54) is 0 Å². The Hall–Kier alpha value is -2.54. The highest BCUT2D eigenvalue weighted by Crippen LogP contribution is 2.31. The van der Waals surface area contributed by atoms with E-state index in [4.69, 9.17) is 9.47 Å². The number of unbranched alkanes of at least 4 members (excludes halogenated alkanes) is 1. The van der Waals surface area contributed by atoms with Crippen molar-refractivity contribution in [2.24, 2.45) is 0 Å². The second-order valence-electron chi connectivity index (χ2n) is 7.95. The number of carbonyl (C=O) groups is 2. The fourth-order valence-corrected chi connectivity index (χ4v) is 4.04. The molecule has 172 valence electrons. The summed E-state index contributed by atoms with van der Waals surface area (Å²) in [6, 6.07) is 13.0. The van der Waals surface area contributed by atoms with Crippen molar-refractivity contribution in [3.63, 3.8) is 0 Å². The number of ether oxygens (including phenoxy) is 2. The number of hydrogen-bond donors (Lipinski definition) is 1. The first-order chi connectivity index (χ1) is 15.5. The molecule has 1 atom stereocenters. The highest BCUT2D eigenvalue weighted by atomic mass is 79.9. The summed E-state index contributed by atoms with van der Waals surface area (Å²) in [5.41, 5.74) is 1.98. The van der Waals surface area contributed by atoms with Crippen molar-refractivity contribution in [1.82, 2.24) is 10.2 Å². The van der Waals surface area contributed by atoms with Gasteiger partial charge in [0.15, 0.2) is 11.5 Å². The number of nitrogens with one attached hydrogen (secondary N) is 1. The van der Waals surface area contributed by atoms with Gasteiger partial charge < -0.3 is 19.7 Å². The summed E-state index contributed by atoms with van der Waals surface area (Å²) in [4.78, 5) is 27.6. The van der Waals surface area contributed by atoms with Gasteiger partial charge >= 0.3 is 0 Å². The molecule has 1 aliphatic heterocycles. The van der Waals surface area contributed by atoms with Crippen LogP contribution in [-0.2, 0) is 22.6 Å². The predicted molar refractivity (Wildman–Crippen MR) is 128 cm³/mol. The Morgan fingerprint density at radius 1 is 1.09 bits per heavy atom. The van der Waals surface area contributed by atoms with Gasteiger partial charge in [0.2, 0.25) is 11.8 Å². The lowest BCUT2D eigenvalue weighted by atomic mass is 10.1. The molecule has 32 heavy (non-hydrogen) atoms. The highest BCUT2D eigenvalue weighted by Gasteiger charge is 2.26. The van der Waals surface area contributed by atoms with Crippen LogP contribution in [0.25, 0.3) is 0 Å². The zero-order valence-electron chi connectivity index (χ0n) is 18.7. The van der Waals surface area contributed by atoms with Crippen molar-refractivity contribution in [2.45, 2.75) is 52.1 Å². The molecule has 0 aromatic heterocycles. The molecule has 0 bridgehead atoms. The molecular formula is C25H31BrN2O4. The second kappa shape index (κ2) is 11.9. The van der Waals surface area contributed by atoms with Crippen LogP contribution < -0.4 is 14.8 Å². The third-order valence-corrected chi connectivity index (χ3v) is 5.97. The second-order valence-corrected chi connectivity index (χ2v) is 8.87. The number of aryl methyl sites for hydroxylation is 1. The monoisotopic (exact) mass is 502 g/mol. The van der Waals surface area contributed by atoms with Crippen LogP contribution in [0.2, 0.25) is 0 Å². The van der Waals surface area contributed by atoms with Gasteiger partial charge in [-0.1, -0.05) is 47.5 Å². The molecule has 0 unspecified atom stereocenters. The number of carbonyl (C=O) groups excluding carboxylic acids is 2. The molecule has 0 radical (unpaired) electrons. The minimum atomic E-state index is -0.557. The van der Waals surface area contributed by atoms with Gasteiger partial charge in [0.25, 0.3) is 0 Å². The first-order valence-electron chi connectivity index (χ1n) is 11.2. The molecular weight excluding hydrogens is 472 g/mol. The molecule has 2 aromatic carbocycles. The van der Waals surface area contributed by atoms with Crippen molar-refractivity contribution in [1.29, 1.82) is 0 Å². The number of benzene rings is 2. The van der Waals surface area contributed by atoms with Crippen LogP contribution in [0, 0.1) is 0 Å². The van der Waals surface area contributed by atoms with Gasteiger partial charge in [0.1, 0.15) is 19.3 Å². The summed E-state index contributed by atoms with van der Waals surface area (Å²) in [7, 11) is 0. The minimum Gasteiger partial charge on any atom is -0.486 e. The molecule has 0 aliphatic carbocycles. The summed E-state index contributed by atoms with van der Waals surface area (Å²) >= 11 is 3.48. The van der Waals surface area contributed by atoms with Crippen LogP contribution in [0.3, 0.4) is 0 Å². The fraction of sp³-hybridized carbons (Fsp3) is 0.440. The Balaban J connectivity index is 1.69. The van der Waals surface area contributed by atoms with Gasteiger partial charge in [0, 0.05) is 24.0 Å². The SMILES string of the molecule is CCCCNC(=O)[C@@H](C)N(Cc1cccc(Br)c1)C(=O)CCc1ccc2c(c1)OCCO2. The van der Waals surface area contributed by atoms with E-state index in [1.54, 1.807) is 11.8 Å². The van der Waals surface area contributed by atoms with E-state index in [9.17, 15) is 9.59 Å². The van der Waals surface area contributed by atoms with Gasteiger partial charge in [0.05, 0.1) is 0 Å². The quantitative estimate of drug-likeness (QED) is 0.486. The lowest BCUT2D eigenvalue weighted by Gasteiger charge is -2.29. The van der Waals surface area contributed by atoms with Crippen LogP contribution in [0.5, 0.6) is 11.5 Å². The van der Waals surface area contributed by atoms with E-state index >= 15 is 0 Å². The minimum absolute atomic E-state index is 0.0574. The Morgan fingerprint density at radius 3 is 2.62 bits per heavy atom. The molecule has 1 heterocycles. The van der Waals surface area contributed by atoms with Crippen LogP contribution in [0.15, 0.2) is 46.9 Å². The van der Waals surface area contributed by atoms with Gasteiger partial charge in [-0.3, -0.25) is 9.59 Å². The maximum absolute atomic E-state index is 13.2. The van der Waals surface area contributed by atoms with E-state index in [0.29, 0.717) is 39.1 Å². The zero-order valence-corrected chi connectivity index (χ0v) is 20.3. The maximum atomic E-state index is 13.2. The predicted octanol–water partition coefficient (Wildman–Crippen LogP) is 4.49. The van der Waals surface area contributed by atoms with Crippen molar-refractivity contribution < 1.29 is 19.1 Å². The largest absolute Gasteiger partial charge is 0.486 e. The number of hydrogen-bond acceptors (Lipinski definition) is 4. The molecule has 6 nitrogen and oxygen atoms in total. The third kappa shape index (κ3) is 6.73. The summed E-state index contributed by atoms with van der Waals surface area (Å²) in [5, 5.41) is 2.95. The van der Waals surface area contributed by atoms with Crippen molar-refractivity contribution in [3.05, 3.63) is 58.1 Å². The van der Waals surface area contributed by atoms with Crippen LogP contribution >= 0.6 is 15.9 Å². The molecule has 1 N–H and O–H groups in total. The highest BCUT2D eigenvalue weighted by molar-refractivity contribution is 9.10. The van der Waals surface area contributed by atoms with Gasteiger partial charge in [-0.15, -0.1) is 0 Å². The summed E-state index contributed by atoms with van der Waals surface area (Å²) in [5.74, 6) is 1.27. The van der Waals surface area contributed by atoms with Crippen LogP contribution in [-0.4, -0.2) is 42.5 Å². The fourth-order valence-electron chi connectivity index (χ4n) is 3.59. The van der Waals surface area contributed by atoms with E-state index < -0.39 is 6.04 Å². The zero-order chi connectivity index (χ0) is 22.9. The molecule has 0 saturated heterocycles. The first kappa shape index (κ1) is 24.1. The van der Waals surface area contributed by atoms with E-state index in [0.717, 1.165) is 39.9 Å². The Labute approximate surface area is 198 Å². The van der Waals surface area contributed by atoms with E-state index in [-0.39, 0.29) is 11.8 Å². The smallest absolute Gasteiger partial charge is 0.242 e. The number of nitrogens with zero attached hydrogens (tertiary/aromatic N) is 1. The maximum Gasteiger partial charge on any atom is 0.242 e. The molecule has 3 rings (SSSR count). The molecule has 1 aliphatic rings. The normalized spacial score (nSPS) is 13.3. The van der Waals surface area contributed by atoms with Gasteiger partial charge in [-0.25, -0.2) is 0 Å². The number of amides is 2. The Bertz CT molecular complexity index is 934. The molecule has 0 saturated carbocycles. The third-order valence-electron chi connectivity index (χ3n) is 5.47. The molecule has 7 heteroatoms. The first-order valence-corrected chi connectivity index (χ1v) is 12.0. The van der Waals surface area contributed by atoms with Crippen molar-refractivity contribution in [3.8, 4) is 11.5 Å². The summed E-state index contributed by atoms with van der Waals surface area (Å²) in [6.07, 6.45) is 2.79. The lowest BCUT2D eigenvalue weighted by molar-refractivity contribution is -0.140. The summed E-state index contributed by atoms with van der Waals surface area (Å²) < 4.78 is 12.2. The number of halogens is 1. The van der Waals surface area contributed by atoms with Crippen LogP contribution in [0.1, 0.15) is 44.2 Å². The number of rotatable bonds is 10. The Kier molecular flexibility index (Phi) is 8.97. The van der Waals surface area contributed by atoms with Crippen LogP contribution in [0.4, 0.5) is 0 Å². The molecule has 0 fully saturated rings. The van der Waals surface area contributed by atoms with E-state index in [2.05, 4.69) is 28.2 Å². The standard InChI is InChI=1S/C25H31BrN2O4/c1-3-4-12-27-25(30)18(2)28(17-20-6-5-7-21(26)15-20)24(29)11-9-19-8-10-22-23(16-19)32-14-13-31-22/h5-8,10,15-16,18H,3-4,9,11-14,17H2,1-2H3,(H,27,30)/t18-/m1/s1. The number of fused-ring (bicyclic) bond motifs is 1. The van der Waals surface area contributed by atoms with Gasteiger partial charge in [-0.05, 0) is 55.2 Å². The topological polar surface area (TPSA) is 67.9 Å². The Morgan fingerprint density at radius 2 is 1.88 bits per heavy atom. The van der Waals surface area contributed by atoms with E-state index in [1.807, 2.05) is 42.5 Å². The van der Waals surface area contributed by atoms with Crippen molar-refractivity contribution in [2.75, 3.05) is 19.8 Å². The molecule has 2 amide bonds. The average molecular weight is 503 g/mol. The molecule has 0 spiro atoms. The van der Waals surface area contributed by atoms with Gasteiger partial charge in [-0.2, -0.15) is 0 Å². The lowest BCUT2D eigenvalue weighted by Crippen LogP contribution is -2.47. The summed E-state index contributed by atoms with van der Waals surface area (Å²) in [6.45, 7) is 5.95. The average Bonchev–Trinajstić information content (AvgIpc) is 2.80. The molecule has 2 aromatic rings. The van der Waals surface area contributed by atoms with Crippen molar-refractivity contribution >= 4 is 27.7 Å².